The molecule has 3 rings (SSSR count). The van der Waals surface area contributed by atoms with E-state index in [9.17, 15) is 8.42 Å². The largest absolute Gasteiger partial charge is 0.374 e. The quantitative estimate of drug-likeness (QED) is 0.273. The van der Waals surface area contributed by atoms with Crippen LogP contribution in [0.1, 0.15) is 12.8 Å². The van der Waals surface area contributed by atoms with E-state index in [1.165, 1.54) is 19.1 Å². The Labute approximate surface area is 149 Å². The van der Waals surface area contributed by atoms with Gasteiger partial charge in [0.1, 0.15) is 0 Å². The fourth-order valence-electron chi connectivity index (χ4n) is 3.88. The second kappa shape index (κ2) is 7.18. The molecule has 4 unspecified atom stereocenters. The predicted molar refractivity (Wildman–Crippen MR) is 96.1 cm³/mol. The molecule has 0 aromatic heterocycles. The van der Waals surface area contributed by atoms with Crippen LogP contribution < -0.4 is 10.0 Å². The molecule has 3 aliphatic rings. The molecule has 2 bridgehead atoms. The van der Waals surface area contributed by atoms with Crippen LogP contribution in [0.15, 0.2) is 4.99 Å². The van der Waals surface area contributed by atoms with Gasteiger partial charge in [-0.25, -0.2) is 13.1 Å². The van der Waals surface area contributed by atoms with E-state index in [1.54, 1.807) is 7.05 Å². The Hall–Kier alpha value is -0.130. The molecule has 128 valence electrons. The average Bonchev–Trinajstić information content (AvgIpc) is 3.09. The maximum atomic E-state index is 11.0. The summed E-state index contributed by atoms with van der Waals surface area (Å²) in [5.41, 5.74) is 0. The van der Waals surface area contributed by atoms with Crippen molar-refractivity contribution in [1.29, 1.82) is 0 Å². The van der Waals surface area contributed by atoms with Crippen LogP contribution in [-0.2, 0) is 14.8 Å². The van der Waals surface area contributed by atoms with Gasteiger partial charge < -0.3 is 15.0 Å². The molecular weight excluding hydrogens is 419 g/mol. The first-order chi connectivity index (χ1) is 9.98. The van der Waals surface area contributed by atoms with Crippen LogP contribution in [0, 0.1) is 11.8 Å². The molecule has 0 amide bonds. The molecule has 2 N–H and O–H groups in total. The molecule has 3 saturated heterocycles. The molecule has 0 spiro atoms. The summed E-state index contributed by atoms with van der Waals surface area (Å²) in [7, 11) is -1.36. The smallest absolute Gasteiger partial charge is 0.208 e. The number of guanidine groups is 1. The number of rotatable bonds is 4. The van der Waals surface area contributed by atoms with Crippen molar-refractivity contribution in [3.63, 3.8) is 0 Å². The molecule has 0 saturated carbocycles. The third kappa shape index (κ3) is 3.85. The van der Waals surface area contributed by atoms with Crippen molar-refractivity contribution in [2.24, 2.45) is 16.8 Å². The minimum atomic E-state index is -3.13. The molecule has 3 aliphatic heterocycles. The fourth-order valence-corrected chi connectivity index (χ4v) is 4.35. The van der Waals surface area contributed by atoms with Gasteiger partial charge in [0.05, 0.1) is 18.5 Å². The van der Waals surface area contributed by atoms with Crippen LogP contribution in [0.2, 0.25) is 0 Å². The number of halogens is 1. The Morgan fingerprint density at radius 2 is 1.82 bits per heavy atom. The summed E-state index contributed by atoms with van der Waals surface area (Å²) in [5, 5.41) is 3.23. The van der Waals surface area contributed by atoms with E-state index in [0.29, 0.717) is 37.1 Å². The summed E-state index contributed by atoms with van der Waals surface area (Å²) in [6, 6.07) is 0. The molecule has 3 fully saturated rings. The van der Waals surface area contributed by atoms with Crippen molar-refractivity contribution in [3.8, 4) is 0 Å². The van der Waals surface area contributed by atoms with Crippen molar-refractivity contribution in [2.45, 2.75) is 25.0 Å². The van der Waals surface area contributed by atoms with Crippen LogP contribution in [0.3, 0.4) is 0 Å². The van der Waals surface area contributed by atoms with Gasteiger partial charge in [0.2, 0.25) is 10.0 Å². The molecule has 9 heteroatoms. The Kier molecular flexibility index (Phi) is 5.95. The van der Waals surface area contributed by atoms with Crippen molar-refractivity contribution < 1.29 is 13.2 Å². The van der Waals surface area contributed by atoms with Gasteiger partial charge in [-0.3, -0.25) is 4.99 Å². The average molecular weight is 444 g/mol. The maximum absolute atomic E-state index is 11.0. The van der Waals surface area contributed by atoms with Gasteiger partial charge in [0.25, 0.3) is 0 Å². The molecule has 22 heavy (non-hydrogen) atoms. The molecule has 4 atom stereocenters. The summed E-state index contributed by atoms with van der Waals surface area (Å²) in [5.74, 6) is 2.13. The molecule has 0 aliphatic carbocycles. The first kappa shape index (κ1) is 18.2. The van der Waals surface area contributed by atoms with E-state index in [0.717, 1.165) is 19.0 Å². The van der Waals surface area contributed by atoms with Crippen molar-refractivity contribution in [1.82, 2.24) is 14.9 Å². The van der Waals surface area contributed by atoms with E-state index in [-0.39, 0.29) is 24.0 Å². The van der Waals surface area contributed by atoms with Crippen LogP contribution in [0.5, 0.6) is 0 Å². The Balaban J connectivity index is 0.00000176. The lowest BCUT2D eigenvalue weighted by Gasteiger charge is -2.23. The van der Waals surface area contributed by atoms with Crippen molar-refractivity contribution in [3.05, 3.63) is 0 Å². The number of hydrogen-bond donors (Lipinski definition) is 2. The molecule has 0 radical (unpaired) electrons. The summed E-state index contributed by atoms with van der Waals surface area (Å²) < 4.78 is 30.5. The van der Waals surface area contributed by atoms with Gasteiger partial charge in [0.15, 0.2) is 5.96 Å². The standard InChI is InChI=1S/C13H24N4O3S.HI/c1-14-13(15-5-6-16-21(2,18)19)17-7-9-10(8-17)12-4-3-11(9)20-12;/h9-12,16H,3-8H2,1-2H3,(H,14,15);1H. The molecule has 3 heterocycles. The molecular formula is C13H25IN4O3S. The Bertz CT molecular complexity index is 509. The maximum Gasteiger partial charge on any atom is 0.208 e. The van der Waals surface area contributed by atoms with Crippen LogP contribution >= 0.6 is 24.0 Å². The predicted octanol–water partition coefficient (Wildman–Crippen LogP) is -0.162. The summed E-state index contributed by atoms with van der Waals surface area (Å²) in [6.07, 6.45) is 4.44. The molecule has 7 nitrogen and oxygen atoms in total. The van der Waals surface area contributed by atoms with E-state index in [2.05, 4.69) is 19.9 Å². The lowest BCUT2D eigenvalue weighted by atomic mass is 9.82. The number of fused-ring (bicyclic) bond motifs is 5. The van der Waals surface area contributed by atoms with E-state index in [4.69, 9.17) is 4.74 Å². The summed E-state index contributed by atoms with van der Waals surface area (Å²) in [4.78, 5) is 6.60. The normalized spacial score (nSPS) is 33.7. The van der Waals surface area contributed by atoms with Crippen molar-refractivity contribution in [2.75, 3.05) is 39.5 Å². The number of hydrogen-bond acceptors (Lipinski definition) is 4. The highest BCUT2D eigenvalue weighted by Crippen LogP contribution is 2.47. The lowest BCUT2D eigenvalue weighted by Crippen LogP contribution is -2.44. The number of nitrogens with one attached hydrogen (secondary N) is 2. The van der Waals surface area contributed by atoms with E-state index >= 15 is 0 Å². The lowest BCUT2D eigenvalue weighted by molar-refractivity contribution is 0.0767. The highest BCUT2D eigenvalue weighted by molar-refractivity contribution is 14.0. The zero-order chi connectivity index (χ0) is 15.0. The van der Waals surface area contributed by atoms with Gasteiger partial charge in [-0.2, -0.15) is 0 Å². The second-order valence-corrected chi connectivity index (χ2v) is 8.00. The van der Waals surface area contributed by atoms with Gasteiger partial charge >= 0.3 is 0 Å². The fraction of sp³-hybridized carbons (Fsp3) is 0.923. The molecule has 0 aromatic rings. The minimum absolute atomic E-state index is 0. The Morgan fingerprint density at radius 1 is 1.23 bits per heavy atom. The van der Waals surface area contributed by atoms with Crippen molar-refractivity contribution >= 4 is 40.0 Å². The van der Waals surface area contributed by atoms with E-state index < -0.39 is 10.0 Å². The first-order valence-corrected chi connectivity index (χ1v) is 9.43. The zero-order valence-corrected chi connectivity index (χ0v) is 16.1. The minimum Gasteiger partial charge on any atom is -0.374 e. The number of aliphatic imine (C=N–C) groups is 1. The first-order valence-electron chi connectivity index (χ1n) is 7.53. The highest BCUT2D eigenvalue weighted by Gasteiger charge is 2.53. The number of ether oxygens (including phenoxy) is 1. The van der Waals surface area contributed by atoms with Crippen LogP contribution in [0.4, 0.5) is 0 Å². The number of nitrogens with zero attached hydrogens (tertiary/aromatic N) is 2. The second-order valence-electron chi connectivity index (χ2n) is 6.16. The highest BCUT2D eigenvalue weighted by atomic mass is 127. The number of sulfonamides is 1. The van der Waals surface area contributed by atoms with Gasteiger partial charge in [-0.15, -0.1) is 24.0 Å². The van der Waals surface area contributed by atoms with Crippen LogP contribution in [-0.4, -0.2) is 71.0 Å². The van der Waals surface area contributed by atoms with Gasteiger partial charge in [-0.1, -0.05) is 0 Å². The third-order valence-corrected chi connectivity index (χ3v) is 5.46. The van der Waals surface area contributed by atoms with E-state index in [1.807, 2.05) is 0 Å². The Morgan fingerprint density at radius 3 is 2.32 bits per heavy atom. The van der Waals surface area contributed by atoms with Gasteiger partial charge in [0, 0.05) is 45.1 Å². The SMILES string of the molecule is CN=C(NCCNS(C)(=O)=O)N1CC2C3CCC(O3)C2C1.I. The number of likely N-dealkylation sites (tertiary alicyclic amines) is 1. The van der Waals surface area contributed by atoms with Crippen LogP contribution in [0.25, 0.3) is 0 Å². The monoisotopic (exact) mass is 444 g/mol. The summed E-state index contributed by atoms with van der Waals surface area (Å²) in [6.45, 7) is 2.89. The third-order valence-electron chi connectivity index (χ3n) is 4.74. The zero-order valence-electron chi connectivity index (χ0n) is 13.0. The molecule has 0 aromatic carbocycles. The van der Waals surface area contributed by atoms with Gasteiger partial charge in [-0.05, 0) is 12.8 Å². The topological polar surface area (TPSA) is 83.0 Å². The summed E-state index contributed by atoms with van der Waals surface area (Å²) >= 11 is 0.